The Morgan fingerprint density at radius 3 is 2.81 bits per heavy atom. The SMILES string of the molecule is Nc1cccnc1SCc1ccc(Br)cn1. The predicted octanol–water partition coefficient (Wildman–Crippen LogP) is 3.11. The van der Waals surface area contributed by atoms with Crippen LogP contribution in [-0.4, -0.2) is 9.97 Å². The quantitative estimate of drug-likeness (QED) is 0.884. The monoisotopic (exact) mass is 295 g/mol. The zero-order valence-electron chi connectivity index (χ0n) is 8.43. The smallest absolute Gasteiger partial charge is 0.119 e. The normalized spacial score (nSPS) is 10.3. The van der Waals surface area contributed by atoms with Crippen molar-refractivity contribution in [3.05, 3.63) is 46.8 Å². The van der Waals surface area contributed by atoms with Gasteiger partial charge >= 0.3 is 0 Å². The largest absolute Gasteiger partial charge is 0.397 e. The summed E-state index contributed by atoms with van der Waals surface area (Å²) >= 11 is 4.94. The number of anilines is 1. The fourth-order valence-electron chi connectivity index (χ4n) is 1.16. The number of nitrogens with two attached hydrogens (primary N) is 1. The van der Waals surface area contributed by atoms with Gasteiger partial charge in [-0.2, -0.15) is 0 Å². The minimum Gasteiger partial charge on any atom is -0.397 e. The molecule has 0 aliphatic carbocycles. The van der Waals surface area contributed by atoms with Gasteiger partial charge in [-0.25, -0.2) is 4.98 Å². The second-order valence-electron chi connectivity index (χ2n) is 3.15. The summed E-state index contributed by atoms with van der Waals surface area (Å²) in [4.78, 5) is 8.50. The topological polar surface area (TPSA) is 51.8 Å². The van der Waals surface area contributed by atoms with Crippen molar-refractivity contribution in [1.29, 1.82) is 0 Å². The molecule has 0 bridgehead atoms. The average molecular weight is 296 g/mol. The maximum Gasteiger partial charge on any atom is 0.119 e. The average Bonchev–Trinajstić information content (AvgIpc) is 2.30. The van der Waals surface area contributed by atoms with Gasteiger partial charge in [-0.05, 0) is 40.2 Å². The Labute approximate surface area is 107 Å². The second-order valence-corrected chi connectivity index (χ2v) is 5.03. The Kier molecular flexibility index (Phi) is 3.79. The van der Waals surface area contributed by atoms with Crippen LogP contribution in [0.1, 0.15) is 5.69 Å². The van der Waals surface area contributed by atoms with Crippen LogP contribution in [-0.2, 0) is 5.75 Å². The summed E-state index contributed by atoms with van der Waals surface area (Å²) in [6.45, 7) is 0. The van der Waals surface area contributed by atoms with Crippen molar-refractivity contribution in [2.75, 3.05) is 5.73 Å². The molecule has 0 atom stereocenters. The van der Waals surface area contributed by atoms with Crippen molar-refractivity contribution >= 4 is 33.4 Å². The van der Waals surface area contributed by atoms with Crippen LogP contribution in [0.15, 0.2) is 46.2 Å². The molecule has 2 aromatic heterocycles. The number of pyridine rings is 2. The minimum absolute atomic E-state index is 0.713. The molecule has 2 heterocycles. The standard InChI is InChI=1S/C11H10BrN3S/c12-8-3-4-9(15-6-8)7-16-11-10(13)2-1-5-14-11/h1-6H,7,13H2. The number of nitrogens with zero attached hydrogens (tertiary/aromatic N) is 2. The van der Waals surface area contributed by atoms with E-state index in [-0.39, 0.29) is 0 Å². The number of rotatable bonds is 3. The summed E-state index contributed by atoms with van der Waals surface area (Å²) in [7, 11) is 0. The molecular formula is C11H10BrN3S. The maximum atomic E-state index is 5.80. The Morgan fingerprint density at radius 1 is 1.25 bits per heavy atom. The summed E-state index contributed by atoms with van der Waals surface area (Å²) in [6.07, 6.45) is 3.53. The van der Waals surface area contributed by atoms with Crippen LogP contribution in [0.3, 0.4) is 0 Å². The van der Waals surface area contributed by atoms with E-state index in [0.29, 0.717) is 5.69 Å². The summed E-state index contributed by atoms with van der Waals surface area (Å²) < 4.78 is 0.985. The van der Waals surface area contributed by atoms with Gasteiger partial charge in [0.2, 0.25) is 0 Å². The van der Waals surface area contributed by atoms with Gasteiger partial charge in [0.25, 0.3) is 0 Å². The number of hydrogen-bond acceptors (Lipinski definition) is 4. The van der Waals surface area contributed by atoms with E-state index in [2.05, 4.69) is 25.9 Å². The number of aromatic nitrogens is 2. The zero-order valence-corrected chi connectivity index (χ0v) is 10.8. The van der Waals surface area contributed by atoms with Crippen molar-refractivity contribution in [2.24, 2.45) is 0 Å². The Morgan fingerprint density at radius 2 is 2.12 bits per heavy atom. The highest BCUT2D eigenvalue weighted by Crippen LogP contribution is 2.24. The fraction of sp³-hybridized carbons (Fsp3) is 0.0909. The molecule has 0 aliphatic heterocycles. The first-order chi connectivity index (χ1) is 7.75. The molecule has 0 aliphatic rings. The highest BCUT2D eigenvalue weighted by atomic mass is 79.9. The third kappa shape index (κ3) is 2.96. The Balaban J connectivity index is 2.02. The fourth-order valence-corrected chi connectivity index (χ4v) is 2.22. The molecule has 0 saturated heterocycles. The number of nitrogen functional groups attached to an aromatic ring is 1. The zero-order chi connectivity index (χ0) is 11.4. The molecule has 0 amide bonds. The van der Waals surface area contributed by atoms with E-state index in [9.17, 15) is 0 Å². The summed E-state index contributed by atoms with van der Waals surface area (Å²) in [5.41, 5.74) is 7.52. The number of hydrogen-bond donors (Lipinski definition) is 1. The van der Waals surface area contributed by atoms with Crippen LogP contribution in [0, 0.1) is 0 Å². The summed E-state index contributed by atoms with van der Waals surface area (Å²) in [5.74, 6) is 0.772. The van der Waals surface area contributed by atoms with Crippen LogP contribution >= 0.6 is 27.7 Å². The van der Waals surface area contributed by atoms with Crippen molar-refractivity contribution in [3.63, 3.8) is 0 Å². The van der Waals surface area contributed by atoms with Gasteiger partial charge in [-0.1, -0.05) is 11.8 Å². The van der Waals surface area contributed by atoms with Gasteiger partial charge in [0.05, 0.1) is 11.4 Å². The lowest BCUT2D eigenvalue weighted by atomic mass is 10.4. The van der Waals surface area contributed by atoms with E-state index in [0.717, 1.165) is 20.9 Å². The molecule has 0 fully saturated rings. The van der Waals surface area contributed by atoms with E-state index in [1.165, 1.54) is 0 Å². The first kappa shape index (κ1) is 11.4. The molecule has 2 aromatic rings. The van der Waals surface area contributed by atoms with Crippen molar-refractivity contribution < 1.29 is 0 Å². The first-order valence-electron chi connectivity index (χ1n) is 4.69. The van der Waals surface area contributed by atoms with Gasteiger partial charge in [-0.3, -0.25) is 4.98 Å². The lowest BCUT2D eigenvalue weighted by Crippen LogP contribution is -1.92. The van der Waals surface area contributed by atoms with Crippen LogP contribution in [0.5, 0.6) is 0 Å². The molecule has 0 unspecified atom stereocenters. The molecular weight excluding hydrogens is 286 g/mol. The minimum atomic E-state index is 0.713. The molecule has 0 radical (unpaired) electrons. The van der Waals surface area contributed by atoms with Gasteiger partial charge in [0.15, 0.2) is 0 Å². The number of thioether (sulfide) groups is 1. The Bertz CT molecular complexity index is 473. The third-order valence-corrected chi connectivity index (χ3v) is 3.47. The molecule has 0 spiro atoms. The molecule has 0 aromatic carbocycles. The highest BCUT2D eigenvalue weighted by Gasteiger charge is 2.01. The molecule has 2 rings (SSSR count). The number of halogens is 1. The van der Waals surface area contributed by atoms with E-state index in [1.807, 2.05) is 24.3 Å². The van der Waals surface area contributed by atoms with Crippen molar-refractivity contribution in [3.8, 4) is 0 Å². The molecule has 3 nitrogen and oxygen atoms in total. The molecule has 2 N–H and O–H groups in total. The second kappa shape index (κ2) is 5.32. The third-order valence-electron chi connectivity index (χ3n) is 1.95. The van der Waals surface area contributed by atoms with Gasteiger partial charge in [0, 0.05) is 22.6 Å². The predicted molar refractivity (Wildman–Crippen MR) is 70.1 cm³/mol. The lowest BCUT2D eigenvalue weighted by molar-refractivity contribution is 1.12. The molecule has 16 heavy (non-hydrogen) atoms. The molecule has 0 saturated carbocycles. The van der Waals surface area contributed by atoms with Crippen LogP contribution < -0.4 is 5.73 Å². The van der Waals surface area contributed by atoms with Gasteiger partial charge < -0.3 is 5.73 Å². The van der Waals surface area contributed by atoms with Crippen molar-refractivity contribution in [2.45, 2.75) is 10.8 Å². The van der Waals surface area contributed by atoms with E-state index in [1.54, 1.807) is 24.2 Å². The molecule has 5 heteroatoms. The highest BCUT2D eigenvalue weighted by molar-refractivity contribution is 9.10. The summed E-state index contributed by atoms with van der Waals surface area (Å²) in [6, 6.07) is 7.64. The van der Waals surface area contributed by atoms with Crippen LogP contribution in [0.4, 0.5) is 5.69 Å². The van der Waals surface area contributed by atoms with Crippen LogP contribution in [0.25, 0.3) is 0 Å². The van der Waals surface area contributed by atoms with Gasteiger partial charge in [-0.15, -0.1) is 0 Å². The summed E-state index contributed by atoms with van der Waals surface area (Å²) in [5, 5.41) is 0.854. The lowest BCUT2D eigenvalue weighted by Gasteiger charge is -2.03. The van der Waals surface area contributed by atoms with E-state index in [4.69, 9.17) is 5.73 Å². The van der Waals surface area contributed by atoms with Crippen molar-refractivity contribution in [1.82, 2.24) is 9.97 Å². The van der Waals surface area contributed by atoms with E-state index >= 15 is 0 Å². The van der Waals surface area contributed by atoms with E-state index < -0.39 is 0 Å². The Hall–Kier alpha value is -1.07. The van der Waals surface area contributed by atoms with Gasteiger partial charge in [0.1, 0.15) is 5.03 Å². The molecule has 82 valence electrons. The maximum absolute atomic E-state index is 5.80. The first-order valence-corrected chi connectivity index (χ1v) is 6.47. The van der Waals surface area contributed by atoms with Crippen LogP contribution in [0.2, 0.25) is 0 Å².